The molecule has 0 bridgehead atoms. The topological polar surface area (TPSA) is 35.5 Å². The van der Waals surface area contributed by atoms with Crippen molar-refractivity contribution in [1.29, 1.82) is 0 Å². The molecule has 0 spiro atoms. The van der Waals surface area contributed by atoms with E-state index in [1.807, 2.05) is 0 Å². The Morgan fingerprint density at radius 1 is 1.30 bits per heavy atom. The molecule has 0 aliphatic carbocycles. The van der Waals surface area contributed by atoms with E-state index in [-0.39, 0.29) is 21.7 Å². The number of halogens is 2. The summed E-state index contributed by atoms with van der Waals surface area (Å²) in [5.41, 5.74) is 0.735. The maximum absolute atomic E-state index is 13.5. The number of phenols is 1. The van der Waals surface area contributed by atoms with E-state index in [2.05, 4.69) is 46.9 Å². The standard InChI is InChI=1S/C15H22BrFN2O/c1-15(2,3)14(19-8-6-18-7-9-19)10-4-5-11(17)12(16)13(10)20/h4-5,14,18,20H,6-9H2,1-3H3/t14-/m1/s1. The molecule has 2 N–H and O–H groups in total. The van der Waals surface area contributed by atoms with Gasteiger partial charge in [0.1, 0.15) is 11.6 Å². The molecule has 1 aliphatic heterocycles. The Balaban J connectivity index is 2.44. The van der Waals surface area contributed by atoms with Gasteiger partial charge in [0, 0.05) is 37.8 Å². The highest BCUT2D eigenvalue weighted by atomic mass is 79.9. The Morgan fingerprint density at radius 2 is 1.90 bits per heavy atom. The number of nitrogens with zero attached hydrogens (tertiary/aromatic N) is 1. The van der Waals surface area contributed by atoms with Crippen LogP contribution in [0.2, 0.25) is 0 Å². The van der Waals surface area contributed by atoms with Crippen molar-refractivity contribution >= 4 is 15.9 Å². The van der Waals surface area contributed by atoms with Gasteiger partial charge in [-0.25, -0.2) is 4.39 Å². The molecule has 1 aliphatic rings. The molecule has 1 saturated heterocycles. The summed E-state index contributed by atoms with van der Waals surface area (Å²) in [5, 5.41) is 13.6. The lowest BCUT2D eigenvalue weighted by Crippen LogP contribution is -2.48. The van der Waals surface area contributed by atoms with Gasteiger partial charge in [0.25, 0.3) is 0 Å². The van der Waals surface area contributed by atoms with Crippen molar-refractivity contribution in [2.45, 2.75) is 26.8 Å². The fourth-order valence-electron chi connectivity index (χ4n) is 2.93. The second kappa shape index (κ2) is 6.00. The van der Waals surface area contributed by atoms with Crippen LogP contribution in [0.4, 0.5) is 4.39 Å². The molecule has 1 aromatic rings. The van der Waals surface area contributed by atoms with Crippen LogP contribution in [0.1, 0.15) is 32.4 Å². The first-order valence-electron chi connectivity index (χ1n) is 6.94. The third kappa shape index (κ3) is 3.15. The SMILES string of the molecule is CC(C)(C)[C@@H](c1ccc(F)c(Br)c1O)N1CCNCC1. The lowest BCUT2D eigenvalue weighted by atomic mass is 9.80. The van der Waals surface area contributed by atoms with Crippen LogP contribution in [0.5, 0.6) is 5.75 Å². The number of aromatic hydroxyl groups is 1. The Hall–Kier alpha value is -0.650. The second-order valence-electron chi connectivity index (χ2n) is 6.35. The molecule has 0 radical (unpaired) electrons. The van der Waals surface area contributed by atoms with Gasteiger partial charge in [0.05, 0.1) is 4.47 Å². The quantitative estimate of drug-likeness (QED) is 0.864. The van der Waals surface area contributed by atoms with Crippen LogP contribution in [0.15, 0.2) is 16.6 Å². The van der Waals surface area contributed by atoms with Gasteiger partial charge in [-0.2, -0.15) is 0 Å². The van der Waals surface area contributed by atoms with Gasteiger partial charge >= 0.3 is 0 Å². The maximum Gasteiger partial charge on any atom is 0.141 e. The number of piperazine rings is 1. The Morgan fingerprint density at radius 3 is 2.45 bits per heavy atom. The predicted octanol–water partition coefficient (Wildman–Crippen LogP) is 3.29. The first-order valence-corrected chi connectivity index (χ1v) is 7.73. The van der Waals surface area contributed by atoms with Crippen molar-refractivity contribution in [3.05, 3.63) is 28.0 Å². The summed E-state index contributed by atoms with van der Waals surface area (Å²) in [6.07, 6.45) is 0. The predicted molar refractivity (Wildman–Crippen MR) is 82.4 cm³/mol. The third-order valence-electron chi connectivity index (χ3n) is 3.73. The zero-order chi connectivity index (χ0) is 14.9. The smallest absolute Gasteiger partial charge is 0.141 e. The lowest BCUT2D eigenvalue weighted by molar-refractivity contribution is 0.0841. The molecule has 5 heteroatoms. The van der Waals surface area contributed by atoms with E-state index in [9.17, 15) is 9.50 Å². The van der Waals surface area contributed by atoms with Gasteiger partial charge in [0.15, 0.2) is 0 Å². The number of nitrogens with one attached hydrogen (secondary N) is 1. The van der Waals surface area contributed by atoms with Gasteiger partial charge in [-0.15, -0.1) is 0 Å². The molecular weight excluding hydrogens is 323 g/mol. The van der Waals surface area contributed by atoms with Crippen LogP contribution in [0.25, 0.3) is 0 Å². The van der Waals surface area contributed by atoms with Crippen molar-refractivity contribution in [3.63, 3.8) is 0 Å². The fraction of sp³-hybridized carbons (Fsp3) is 0.600. The van der Waals surface area contributed by atoms with Crippen molar-refractivity contribution in [1.82, 2.24) is 10.2 Å². The molecule has 2 rings (SSSR count). The zero-order valence-corrected chi connectivity index (χ0v) is 13.8. The van der Waals surface area contributed by atoms with E-state index >= 15 is 0 Å². The van der Waals surface area contributed by atoms with E-state index in [0.717, 1.165) is 31.7 Å². The summed E-state index contributed by atoms with van der Waals surface area (Å²) in [5.74, 6) is -0.414. The van der Waals surface area contributed by atoms with Crippen LogP contribution in [0, 0.1) is 11.2 Å². The third-order valence-corrected chi connectivity index (χ3v) is 4.49. The van der Waals surface area contributed by atoms with Gasteiger partial charge in [-0.05, 0) is 27.4 Å². The highest BCUT2D eigenvalue weighted by Crippen LogP contribution is 2.44. The molecule has 112 valence electrons. The molecule has 1 fully saturated rings. The van der Waals surface area contributed by atoms with Gasteiger partial charge in [0.2, 0.25) is 0 Å². The number of benzene rings is 1. The molecule has 1 atom stereocenters. The monoisotopic (exact) mass is 344 g/mol. The average molecular weight is 345 g/mol. The molecular formula is C15H22BrFN2O. The fourth-order valence-corrected chi connectivity index (χ4v) is 3.29. The molecule has 1 aromatic carbocycles. The number of hydrogen-bond donors (Lipinski definition) is 2. The van der Waals surface area contributed by atoms with E-state index < -0.39 is 5.82 Å². The highest BCUT2D eigenvalue weighted by molar-refractivity contribution is 9.10. The summed E-state index contributed by atoms with van der Waals surface area (Å²) in [6, 6.07) is 3.18. The van der Waals surface area contributed by atoms with Crippen molar-refractivity contribution in [2.75, 3.05) is 26.2 Å². The number of phenolic OH excluding ortho intramolecular Hbond substituents is 1. The van der Waals surface area contributed by atoms with E-state index in [0.29, 0.717) is 0 Å². The van der Waals surface area contributed by atoms with Crippen LogP contribution in [-0.4, -0.2) is 36.2 Å². The van der Waals surface area contributed by atoms with Crippen molar-refractivity contribution in [3.8, 4) is 5.75 Å². The summed E-state index contributed by atoms with van der Waals surface area (Å²) in [6.45, 7) is 10.2. The van der Waals surface area contributed by atoms with Crippen LogP contribution < -0.4 is 5.32 Å². The summed E-state index contributed by atoms with van der Waals surface area (Å²) in [7, 11) is 0. The summed E-state index contributed by atoms with van der Waals surface area (Å²) < 4.78 is 13.7. The number of hydrogen-bond acceptors (Lipinski definition) is 3. The first kappa shape index (κ1) is 15.7. The molecule has 20 heavy (non-hydrogen) atoms. The van der Waals surface area contributed by atoms with Crippen LogP contribution in [-0.2, 0) is 0 Å². The Bertz CT molecular complexity index is 481. The van der Waals surface area contributed by atoms with E-state index in [4.69, 9.17) is 0 Å². The molecule has 1 heterocycles. The Kier molecular flexibility index (Phi) is 4.72. The average Bonchev–Trinajstić information content (AvgIpc) is 2.39. The van der Waals surface area contributed by atoms with Crippen molar-refractivity contribution in [2.24, 2.45) is 5.41 Å². The van der Waals surface area contributed by atoms with Gasteiger partial charge in [-0.3, -0.25) is 4.90 Å². The minimum atomic E-state index is -0.431. The van der Waals surface area contributed by atoms with Gasteiger partial charge < -0.3 is 10.4 Å². The molecule has 0 aromatic heterocycles. The minimum Gasteiger partial charge on any atom is -0.506 e. The molecule has 0 unspecified atom stereocenters. The number of rotatable bonds is 2. The second-order valence-corrected chi connectivity index (χ2v) is 7.15. The minimum absolute atomic E-state index is 0.0171. The van der Waals surface area contributed by atoms with E-state index in [1.165, 1.54) is 6.07 Å². The largest absolute Gasteiger partial charge is 0.506 e. The molecule has 0 saturated carbocycles. The highest BCUT2D eigenvalue weighted by Gasteiger charge is 2.34. The normalized spacial score (nSPS) is 19.1. The van der Waals surface area contributed by atoms with E-state index in [1.54, 1.807) is 6.07 Å². The molecule has 0 amide bonds. The first-order chi connectivity index (χ1) is 9.32. The molecule has 3 nitrogen and oxygen atoms in total. The van der Waals surface area contributed by atoms with Gasteiger partial charge in [-0.1, -0.05) is 26.8 Å². The van der Waals surface area contributed by atoms with Crippen LogP contribution >= 0.6 is 15.9 Å². The summed E-state index contributed by atoms with van der Waals surface area (Å²) in [4.78, 5) is 2.36. The summed E-state index contributed by atoms with van der Waals surface area (Å²) >= 11 is 3.13. The maximum atomic E-state index is 13.5. The Labute approximate surface area is 128 Å². The zero-order valence-electron chi connectivity index (χ0n) is 12.2. The lowest BCUT2D eigenvalue weighted by Gasteiger charge is -2.42. The van der Waals surface area contributed by atoms with Crippen molar-refractivity contribution < 1.29 is 9.50 Å². The van der Waals surface area contributed by atoms with Crippen LogP contribution in [0.3, 0.4) is 0 Å².